The number of imide groups is 1. The van der Waals surface area contributed by atoms with Crippen molar-refractivity contribution in [1.29, 1.82) is 0 Å². The van der Waals surface area contributed by atoms with Crippen molar-refractivity contribution in [3.8, 4) is 0 Å². The van der Waals surface area contributed by atoms with Crippen LogP contribution >= 0.6 is 11.6 Å². The zero-order chi connectivity index (χ0) is 14.9. The van der Waals surface area contributed by atoms with Crippen LogP contribution in [0.4, 0.5) is 5.69 Å². The SMILES string of the molecule is CCC1C(=O)NC(=O)CN1C(=O)c1ccc(Cl)c(N)c1. The van der Waals surface area contributed by atoms with Crippen LogP contribution in [0, 0.1) is 0 Å². The minimum absolute atomic E-state index is 0.147. The van der Waals surface area contributed by atoms with E-state index in [1.54, 1.807) is 6.92 Å². The van der Waals surface area contributed by atoms with Crippen LogP contribution in [-0.2, 0) is 9.59 Å². The topological polar surface area (TPSA) is 92.5 Å². The van der Waals surface area contributed by atoms with E-state index in [1.807, 2.05) is 0 Å². The van der Waals surface area contributed by atoms with E-state index in [-0.39, 0.29) is 12.2 Å². The van der Waals surface area contributed by atoms with E-state index in [0.29, 0.717) is 17.0 Å². The lowest BCUT2D eigenvalue weighted by Crippen LogP contribution is -2.59. The Morgan fingerprint density at radius 2 is 2.20 bits per heavy atom. The molecule has 1 unspecified atom stereocenters. The summed E-state index contributed by atoms with van der Waals surface area (Å²) in [6.07, 6.45) is 0.425. The van der Waals surface area contributed by atoms with E-state index >= 15 is 0 Å². The van der Waals surface area contributed by atoms with Gasteiger partial charge in [0, 0.05) is 5.56 Å². The van der Waals surface area contributed by atoms with Crippen LogP contribution < -0.4 is 11.1 Å². The van der Waals surface area contributed by atoms with Crippen LogP contribution in [0.15, 0.2) is 18.2 Å². The predicted molar refractivity (Wildman–Crippen MR) is 74.1 cm³/mol. The van der Waals surface area contributed by atoms with E-state index in [1.165, 1.54) is 23.1 Å². The first kappa shape index (κ1) is 14.3. The molecule has 1 aliphatic heterocycles. The van der Waals surface area contributed by atoms with Crippen LogP contribution in [0.1, 0.15) is 23.7 Å². The monoisotopic (exact) mass is 295 g/mol. The summed E-state index contributed by atoms with van der Waals surface area (Å²) in [5.41, 5.74) is 6.24. The minimum atomic E-state index is -0.655. The number of hydrogen-bond donors (Lipinski definition) is 2. The van der Waals surface area contributed by atoms with E-state index in [4.69, 9.17) is 17.3 Å². The molecule has 1 atom stereocenters. The lowest BCUT2D eigenvalue weighted by atomic mass is 10.1. The molecule has 0 bridgehead atoms. The third kappa shape index (κ3) is 2.60. The largest absolute Gasteiger partial charge is 0.398 e. The fourth-order valence-electron chi connectivity index (χ4n) is 2.13. The molecule has 0 aromatic heterocycles. The highest BCUT2D eigenvalue weighted by atomic mass is 35.5. The van der Waals surface area contributed by atoms with Crippen LogP contribution in [-0.4, -0.2) is 35.2 Å². The van der Waals surface area contributed by atoms with Crippen LogP contribution in [0.25, 0.3) is 0 Å². The van der Waals surface area contributed by atoms with Crippen molar-refractivity contribution in [3.63, 3.8) is 0 Å². The van der Waals surface area contributed by atoms with Crippen molar-refractivity contribution in [2.24, 2.45) is 0 Å². The second kappa shape index (κ2) is 5.50. The molecular weight excluding hydrogens is 282 g/mol. The molecule has 1 aromatic carbocycles. The molecule has 1 heterocycles. The molecule has 6 nitrogen and oxygen atoms in total. The average Bonchev–Trinajstić information content (AvgIpc) is 2.40. The standard InChI is InChI=1S/C13H14ClN3O3/c1-2-10-12(19)16-11(18)6-17(10)13(20)7-3-4-8(14)9(15)5-7/h3-5,10H,2,6,15H2,1H3,(H,16,18,19). The molecule has 0 aliphatic carbocycles. The van der Waals surface area contributed by atoms with Gasteiger partial charge in [0.05, 0.1) is 10.7 Å². The van der Waals surface area contributed by atoms with Crippen molar-refractivity contribution in [1.82, 2.24) is 10.2 Å². The number of amides is 3. The highest BCUT2D eigenvalue weighted by Gasteiger charge is 2.35. The van der Waals surface area contributed by atoms with Gasteiger partial charge < -0.3 is 10.6 Å². The Morgan fingerprint density at radius 1 is 1.50 bits per heavy atom. The molecule has 106 valence electrons. The highest BCUT2D eigenvalue weighted by molar-refractivity contribution is 6.33. The predicted octanol–water partition coefficient (Wildman–Crippen LogP) is 0.799. The van der Waals surface area contributed by atoms with Gasteiger partial charge >= 0.3 is 0 Å². The quantitative estimate of drug-likeness (QED) is 0.623. The van der Waals surface area contributed by atoms with Gasteiger partial charge in [0.25, 0.3) is 5.91 Å². The average molecular weight is 296 g/mol. The maximum atomic E-state index is 12.4. The van der Waals surface area contributed by atoms with Gasteiger partial charge in [-0.1, -0.05) is 18.5 Å². The molecule has 2 rings (SSSR count). The van der Waals surface area contributed by atoms with E-state index in [0.717, 1.165) is 0 Å². The van der Waals surface area contributed by atoms with Gasteiger partial charge in [-0.15, -0.1) is 0 Å². The zero-order valence-electron chi connectivity index (χ0n) is 10.9. The first-order valence-electron chi connectivity index (χ1n) is 6.13. The number of carbonyl (C=O) groups excluding carboxylic acids is 3. The maximum Gasteiger partial charge on any atom is 0.255 e. The second-order valence-corrected chi connectivity index (χ2v) is 4.91. The number of hydrogen-bond acceptors (Lipinski definition) is 4. The summed E-state index contributed by atoms with van der Waals surface area (Å²) in [6.45, 7) is 1.63. The molecule has 1 fully saturated rings. The molecule has 1 aromatic rings. The fourth-order valence-corrected chi connectivity index (χ4v) is 2.25. The number of piperazine rings is 1. The van der Waals surface area contributed by atoms with Crippen LogP contribution in [0.5, 0.6) is 0 Å². The smallest absolute Gasteiger partial charge is 0.255 e. The first-order valence-corrected chi connectivity index (χ1v) is 6.51. The van der Waals surface area contributed by atoms with E-state index < -0.39 is 23.8 Å². The molecule has 3 N–H and O–H groups in total. The van der Waals surface area contributed by atoms with Gasteiger partial charge in [0.15, 0.2) is 0 Å². The Kier molecular flexibility index (Phi) is 3.94. The number of nitrogens with one attached hydrogen (secondary N) is 1. The number of rotatable bonds is 2. The van der Waals surface area contributed by atoms with Crippen molar-refractivity contribution in [3.05, 3.63) is 28.8 Å². The Balaban J connectivity index is 2.32. The Labute approximate surface area is 120 Å². The van der Waals surface area contributed by atoms with Crippen molar-refractivity contribution in [2.75, 3.05) is 12.3 Å². The van der Waals surface area contributed by atoms with Gasteiger partial charge in [-0.2, -0.15) is 0 Å². The van der Waals surface area contributed by atoms with Crippen molar-refractivity contribution >= 4 is 35.0 Å². The molecule has 0 saturated carbocycles. The number of nitrogens with zero attached hydrogens (tertiary/aromatic N) is 1. The second-order valence-electron chi connectivity index (χ2n) is 4.51. The van der Waals surface area contributed by atoms with Crippen LogP contribution in [0.3, 0.4) is 0 Å². The van der Waals surface area contributed by atoms with Gasteiger partial charge in [-0.3, -0.25) is 19.7 Å². The first-order chi connectivity index (χ1) is 9.43. The van der Waals surface area contributed by atoms with Gasteiger partial charge in [-0.25, -0.2) is 0 Å². The number of halogens is 1. The molecule has 1 saturated heterocycles. The van der Waals surface area contributed by atoms with Crippen molar-refractivity contribution < 1.29 is 14.4 Å². The lowest BCUT2D eigenvalue weighted by Gasteiger charge is -2.33. The van der Waals surface area contributed by atoms with Gasteiger partial charge in [0.1, 0.15) is 12.6 Å². The summed E-state index contributed by atoms with van der Waals surface area (Å²) in [4.78, 5) is 36.8. The summed E-state index contributed by atoms with van der Waals surface area (Å²) in [6, 6.07) is 3.81. The summed E-state index contributed by atoms with van der Waals surface area (Å²) >= 11 is 5.81. The Hall–Kier alpha value is -2.08. The van der Waals surface area contributed by atoms with Crippen LogP contribution in [0.2, 0.25) is 5.02 Å². The molecule has 1 aliphatic rings. The Bertz CT molecular complexity index is 588. The van der Waals surface area contributed by atoms with Crippen molar-refractivity contribution in [2.45, 2.75) is 19.4 Å². The third-order valence-corrected chi connectivity index (χ3v) is 3.49. The zero-order valence-corrected chi connectivity index (χ0v) is 11.6. The molecular formula is C13H14ClN3O3. The summed E-state index contributed by atoms with van der Waals surface area (Å²) in [7, 11) is 0. The van der Waals surface area contributed by atoms with Gasteiger partial charge in [-0.05, 0) is 24.6 Å². The number of nitrogens with two attached hydrogens (primary N) is 1. The minimum Gasteiger partial charge on any atom is -0.398 e. The Morgan fingerprint density at radius 3 is 2.80 bits per heavy atom. The number of benzene rings is 1. The highest BCUT2D eigenvalue weighted by Crippen LogP contribution is 2.22. The third-order valence-electron chi connectivity index (χ3n) is 3.15. The normalized spacial score (nSPS) is 18.9. The van der Waals surface area contributed by atoms with E-state index in [2.05, 4.69) is 5.32 Å². The van der Waals surface area contributed by atoms with Gasteiger partial charge in [0.2, 0.25) is 11.8 Å². The molecule has 0 radical (unpaired) electrons. The molecule has 7 heteroatoms. The molecule has 20 heavy (non-hydrogen) atoms. The fraction of sp³-hybridized carbons (Fsp3) is 0.308. The summed E-state index contributed by atoms with van der Waals surface area (Å²) in [5.74, 6) is -1.36. The molecule has 3 amide bonds. The lowest BCUT2D eigenvalue weighted by molar-refractivity contribution is -0.138. The number of anilines is 1. The number of carbonyl (C=O) groups is 3. The summed E-state index contributed by atoms with van der Waals surface area (Å²) < 4.78 is 0. The maximum absolute atomic E-state index is 12.4. The number of nitrogen functional groups attached to an aromatic ring is 1. The molecule has 0 spiro atoms. The van der Waals surface area contributed by atoms with E-state index in [9.17, 15) is 14.4 Å². The summed E-state index contributed by atoms with van der Waals surface area (Å²) in [5, 5.41) is 2.57.